The Morgan fingerprint density at radius 2 is 1.73 bits per heavy atom. The summed E-state index contributed by atoms with van der Waals surface area (Å²) in [7, 11) is 0. The van der Waals surface area contributed by atoms with Crippen LogP contribution in [0, 0.1) is 6.92 Å². The van der Waals surface area contributed by atoms with Crippen LogP contribution in [0.15, 0.2) is 71.5 Å². The molecule has 6 heteroatoms. The van der Waals surface area contributed by atoms with Crippen molar-refractivity contribution in [1.82, 2.24) is 9.88 Å². The molecule has 26 heavy (non-hydrogen) atoms. The average Bonchev–Trinajstić information content (AvgIpc) is 3.17. The minimum absolute atomic E-state index is 0.0896. The maximum absolute atomic E-state index is 12.2. The lowest BCUT2D eigenvalue weighted by Crippen LogP contribution is -2.33. The van der Waals surface area contributed by atoms with Gasteiger partial charge >= 0.3 is 0 Å². The minimum Gasteiger partial charge on any atom is -0.343 e. The lowest BCUT2D eigenvalue weighted by atomic mass is 10.2. The number of rotatable bonds is 5. The number of hydrogen-bond donors (Lipinski definition) is 2. The third-order valence-corrected chi connectivity index (χ3v) is 4.40. The first-order valence-electron chi connectivity index (χ1n) is 8.10. The standard InChI is InChI=1S/C20H18BrN3O2/c1-14-12-16(21)6-9-18(14)23-19(25)13-22-20(26)15-4-7-17(8-5-15)24-10-2-3-11-24/h2-12H,13H2,1H3,(H,22,26)(H,23,25). The molecule has 1 heterocycles. The zero-order chi connectivity index (χ0) is 18.5. The molecular formula is C20H18BrN3O2. The van der Waals surface area contributed by atoms with Gasteiger partial charge in [-0.3, -0.25) is 9.59 Å². The largest absolute Gasteiger partial charge is 0.343 e. The van der Waals surface area contributed by atoms with Crippen molar-refractivity contribution in [3.05, 3.63) is 82.6 Å². The SMILES string of the molecule is Cc1cc(Br)ccc1NC(=O)CNC(=O)c1ccc(-n2cccc2)cc1. The summed E-state index contributed by atoms with van der Waals surface area (Å²) in [6, 6.07) is 16.7. The monoisotopic (exact) mass is 411 g/mol. The number of hydrogen-bond acceptors (Lipinski definition) is 2. The molecule has 2 amide bonds. The van der Waals surface area contributed by atoms with E-state index in [2.05, 4.69) is 26.6 Å². The van der Waals surface area contributed by atoms with Crippen LogP contribution in [0.5, 0.6) is 0 Å². The van der Waals surface area contributed by atoms with Crippen molar-refractivity contribution < 1.29 is 9.59 Å². The van der Waals surface area contributed by atoms with Gasteiger partial charge in [0, 0.05) is 33.8 Å². The van der Waals surface area contributed by atoms with E-state index in [0.29, 0.717) is 5.56 Å². The van der Waals surface area contributed by atoms with Gasteiger partial charge in [0.05, 0.1) is 6.54 Å². The second kappa shape index (κ2) is 8.01. The highest BCUT2D eigenvalue weighted by atomic mass is 79.9. The Hall–Kier alpha value is -2.86. The van der Waals surface area contributed by atoms with Gasteiger partial charge in [-0.1, -0.05) is 15.9 Å². The van der Waals surface area contributed by atoms with Crippen LogP contribution in [-0.2, 0) is 4.79 Å². The molecule has 3 rings (SSSR count). The highest BCUT2D eigenvalue weighted by Crippen LogP contribution is 2.19. The highest BCUT2D eigenvalue weighted by Gasteiger charge is 2.09. The molecule has 0 unspecified atom stereocenters. The number of anilines is 1. The molecule has 0 aliphatic rings. The Morgan fingerprint density at radius 3 is 2.38 bits per heavy atom. The van der Waals surface area contributed by atoms with Crippen LogP contribution in [0.2, 0.25) is 0 Å². The van der Waals surface area contributed by atoms with Crippen molar-refractivity contribution in [3.8, 4) is 5.69 Å². The zero-order valence-electron chi connectivity index (χ0n) is 14.2. The molecular weight excluding hydrogens is 394 g/mol. The lowest BCUT2D eigenvalue weighted by Gasteiger charge is -2.10. The summed E-state index contributed by atoms with van der Waals surface area (Å²) in [5.41, 5.74) is 3.15. The summed E-state index contributed by atoms with van der Waals surface area (Å²) in [5.74, 6) is -0.556. The Balaban J connectivity index is 1.55. The molecule has 0 saturated heterocycles. The molecule has 0 atom stereocenters. The van der Waals surface area contributed by atoms with Crippen molar-refractivity contribution in [2.75, 3.05) is 11.9 Å². The van der Waals surface area contributed by atoms with Crippen LogP contribution in [0.3, 0.4) is 0 Å². The summed E-state index contributed by atoms with van der Waals surface area (Å²) in [6.45, 7) is 1.82. The third-order valence-electron chi connectivity index (χ3n) is 3.90. The van der Waals surface area contributed by atoms with E-state index >= 15 is 0 Å². The molecule has 0 fully saturated rings. The molecule has 0 aliphatic heterocycles. The van der Waals surface area contributed by atoms with E-state index in [9.17, 15) is 9.59 Å². The molecule has 3 aromatic rings. The van der Waals surface area contributed by atoms with E-state index in [1.807, 2.05) is 66.3 Å². The number of benzene rings is 2. The molecule has 0 radical (unpaired) electrons. The quantitative estimate of drug-likeness (QED) is 0.668. The third kappa shape index (κ3) is 4.40. The van der Waals surface area contributed by atoms with Crippen LogP contribution in [0.25, 0.3) is 5.69 Å². The summed E-state index contributed by atoms with van der Waals surface area (Å²) in [4.78, 5) is 24.3. The first kappa shape index (κ1) is 17.9. The molecule has 0 aliphatic carbocycles. The maximum atomic E-state index is 12.2. The van der Waals surface area contributed by atoms with Crippen LogP contribution < -0.4 is 10.6 Å². The van der Waals surface area contributed by atoms with Crippen molar-refractivity contribution >= 4 is 33.4 Å². The predicted octanol–water partition coefficient (Wildman–Crippen LogP) is 3.92. The fourth-order valence-electron chi connectivity index (χ4n) is 2.52. The van der Waals surface area contributed by atoms with Crippen molar-refractivity contribution in [2.45, 2.75) is 6.92 Å². The normalized spacial score (nSPS) is 10.4. The number of aromatic nitrogens is 1. The molecule has 0 spiro atoms. The van der Waals surface area contributed by atoms with Gasteiger partial charge in [-0.05, 0) is 67.1 Å². The van der Waals surface area contributed by atoms with Crippen LogP contribution in [0.4, 0.5) is 5.69 Å². The number of nitrogens with zero attached hydrogens (tertiary/aromatic N) is 1. The smallest absolute Gasteiger partial charge is 0.251 e. The van der Waals surface area contributed by atoms with E-state index in [1.54, 1.807) is 12.1 Å². The Morgan fingerprint density at radius 1 is 1.04 bits per heavy atom. The van der Waals surface area contributed by atoms with Crippen molar-refractivity contribution in [1.29, 1.82) is 0 Å². The van der Waals surface area contributed by atoms with Gasteiger partial charge in [0.25, 0.3) is 5.91 Å². The number of carbonyl (C=O) groups is 2. The topological polar surface area (TPSA) is 63.1 Å². The molecule has 0 bridgehead atoms. The number of halogens is 1. The average molecular weight is 412 g/mol. The summed E-state index contributed by atoms with van der Waals surface area (Å²) >= 11 is 3.38. The summed E-state index contributed by atoms with van der Waals surface area (Å²) in [5, 5.41) is 5.43. The Kier molecular flexibility index (Phi) is 5.53. The van der Waals surface area contributed by atoms with Gasteiger partial charge in [-0.25, -0.2) is 0 Å². The van der Waals surface area contributed by atoms with Crippen LogP contribution in [-0.4, -0.2) is 22.9 Å². The van der Waals surface area contributed by atoms with E-state index < -0.39 is 0 Å². The predicted molar refractivity (Wildman–Crippen MR) is 106 cm³/mol. The highest BCUT2D eigenvalue weighted by molar-refractivity contribution is 9.10. The second-order valence-electron chi connectivity index (χ2n) is 5.83. The Bertz CT molecular complexity index is 919. The maximum Gasteiger partial charge on any atom is 0.251 e. The van der Waals surface area contributed by atoms with Gasteiger partial charge in [0.2, 0.25) is 5.91 Å². The zero-order valence-corrected chi connectivity index (χ0v) is 15.8. The number of nitrogens with one attached hydrogen (secondary N) is 2. The first-order valence-corrected chi connectivity index (χ1v) is 8.90. The molecule has 5 nitrogen and oxygen atoms in total. The minimum atomic E-state index is -0.285. The molecule has 1 aromatic heterocycles. The fraction of sp³-hybridized carbons (Fsp3) is 0.100. The second-order valence-corrected chi connectivity index (χ2v) is 6.74. The van der Waals surface area contributed by atoms with Crippen molar-refractivity contribution in [3.63, 3.8) is 0 Å². The van der Waals surface area contributed by atoms with E-state index in [-0.39, 0.29) is 18.4 Å². The number of carbonyl (C=O) groups excluding carboxylic acids is 2. The van der Waals surface area contributed by atoms with Crippen LogP contribution in [0.1, 0.15) is 15.9 Å². The summed E-state index contributed by atoms with van der Waals surface area (Å²) < 4.78 is 2.90. The summed E-state index contributed by atoms with van der Waals surface area (Å²) in [6.07, 6.45) is 3.87. The van der Waals surface area contributed by atoms with Gasteiger partial charge in [0.15, 0.2) is 0 Å². The molecule has 132 valence electrons. The van der Waals surface area contributed by atoms with Gasteiger partial charge in [-0.15, -0.1) is 0 Å². The van der Waals surface area contributed by atoms with Gasteiger partial charge in [-0.2, -0.15) is 0 Å². The lowest BCUT2D eigenvalue weighted by molar-refractivity contribution is -0.115. The van der Waals surface area contributed by atoms with E-state index in [1.165, 1.54) is 0 Å². The Labute approximate surface area is 160 Å². The number of amides is 2. The van der Waals surface area contributed by atoms with E-state index in [0.717, 1.165) is 21.4 Å². The van der Waals surface area contributed by atoms with Crippen LogP contribution >= 0.6 is 15.9 Å². The van der Waals surface area contributed by atoms with Gasteiger partial charge in [0.1, 0.15) is 0 Å². The molecule has 0 saturated carbocycles. The number of aryl methyl sites for hydroxylation is 1. The van der Waals surface area contributed by atoms with E-state index in [4.69, 9.17) is 0 Å². The molecule has 2 N–H and O–H groups in total. The fourth-order valence-corrected chi connectivity index (χ4v) is 2.99. The van der Waals surface area contributed by atoms with Crippen molar-refractivity contribution in [2.24, 2.45) is 0 Å². The first-order chi connectivity index (χ1) is 12.5. The van der Waals surface area contributed by atoms with Gasteiger partial charge < -0.3 is 15.2 Å². The molecule has 2 aromatic carbocycles.